The number of benzene rings is 3. The molecule has 2 aliphatic heterocycles. The topological polar surface area (TPSA) is 22.6 Å². The summed E-state index contributed by atoms with van der Waals surface area (Å²) in [6.45, 7) is 0. The monoisotopic (exact) mass is 390 g/mol. The van der Waals surface area contributed by atoms with E-state index in [1.807, 2.05) is 12.3 Å². The lowest BCUT2D eigenvalue weighted by Crippen LogP contribution is -2.36. The molecule has 1 aromatic heterocycles. The summed E-state index contributed by atoms with van der Waals surface area (Å²) in [5.74, 6) is 1.06. The van der Waals surface area contributed by atoms with Crippen LogP contribution in [0.2, 0.25) is 0 Å². The van der Waals surface area contributed by atoms with Gasteiger partial charge in [-0.15, -0.1) is 0 Å². The zero-order chi connectivity index (χ0) is 20.1. The van der Waals surface area contributed by atoms with Crippen LogP contribution in [-0.4, -0.2) is 18.2 Å². The van der Waals surface area contributed by atoms with Crippen molar-refractivity contribution in [3.05, 3.63) is 103 Å². The normalized spacial score (nSPS) is 16.2. The van der Waals surface area contributed by atoms with Gasteiger partial charge in [0.25, 0.3) is 0 Å². The smallest absolute Gasteiger partial charge is 0.153 e. The van der Waals surface area contributed by atoms with Crippen molar-refractivity contribution in [3.63, 3.8) is 0 Å². The molecule has 1 unspecified atom stereocenters. The standard InChI is InChI=1S/C26H22N4/c1-28-25-17-19-14-15-22(18-24(19)30(25)23-13-8-16-27-26(23)28)29(20-9-4-2-5-10-20)21-11-6-3-7-12-21/h2-16,18,25H,17H2,1H3. The zero-order valence-corrected chi connectivity index (χ0v) is 16.8. The highest BCUT2D eigenvalue weighted by Gasteiger charge is 2.41. The van der Waals surface area contributed by atoms with E-state index in [1.165, 1.54) is 16.9 Å². The van der Waals surface area contributed by atoms with Crippen LogP contribution in [0.4, 0.5) is 34.3 Å². The molecule has 2 aliphatic rings. The fraction of sp³-hybridized carbons (Fsp3) is 0.115. The number of hydrogen-bond donors (Lipinski definition) is 0. The average Bonchev–Trinajstić information content (AvgIpc) is 3.31. The molecule has 0 aliphatic carbocycles. The lowest BCUT2D eigenvalue weighted by molar-refractivity contribution is 0.699. The first kappa shape index (κ1) is 17.1. The van der Waals surface area contributed by atoms with Crippen molar-refractivity contribution in [2.75, 3.05) is 21.7 Å². The number of rotatable bonds is 3. The molecule has 0 bridgehead atoms. The van der Waals surface area contributed by atoms with Gasteiger partial charge < -0.3 is 14.7 Å². The minimum absolute atomic E-state index is 0.294. The minimum Gasteiger partial charge on any atom is -0.337 e. The zero-order valence-electron chi connectivity index (χ0n) is 16.8. The molecule has 0 fully saturated rings. The highest BCUT2D eigenvalue weighted by molar-refractivity contribution is 5.87. The van der Waals surface area contributed by atoms with Crippen molar-refractivity contribution in [2.45, 2.75) is 12.6 Å². The van der Waals surface area contributed by atoms with Crippen molar-refractivity contribution in [1.82, 2.24) is 4.98 Å². The first-order valence-corrected chi connectivity index (χ1v) is 10.3. The van der Waals surface area contributed by atoms with Crippen molar-refractivity contribution in [1.29, 1.82) is 0 Å². The molecule has 3 heterocycles. The van der Waals surface area contributed by atoms with Crippen LogP contribution in [0.5, 0.6) is 0 Å². The highest BCUT2D eigenvalue weighted by Crippen LogP contribution is 2.50. The van der Waals surface area contributed by atoms with E-state index in [1.54, 1.807) is 0 Å². The van der Waals surface area contributed by atoms with E-state index in [2.05, 4.69) is 112 Å². The summed E-state index contributed by atoms with van der Waals surface area (Å²) in [6, 6.07) is 32.2. The third kappa shape index (κ3) is 2.50. The molecule has 3 aromatic carbocycles. The van der Waals surface area contributed by atoms with Gasteiger partial charge in [0.05, 0.1) is 5.69 Å². The third-order valence-corrected chi connectivity index (χ3v) is 6.12. The number of anilines is 6. The molecule has 0 spiro atoms. The van der Waals surface area contributed by atoms with Gasteiger partial charge in [-0.2, -0.15) is 0 Å². The number of para-hydroxylation sites is 2. The Hall–Kier alpha value is -3.79. The molecular formula is C26H22N4. The van der Waals surface area contributed by atoms with Gasteiger partial charge in [0.1, 0.15) is 6.17 Å². The van der Waals surface area contributed by atoms with E-state index in [0.29, 0.717) is 6.17 Å². The van der Waals surface area contributed by atoms with Crippen LogP contribution in [0, 0.1) is 0 Å². The van der Waals surface area contributed by atoms with Gasteiger partial charge in [-0.3, -0.25) is 0 Å². The predicted octanol–water partition coefficient (Wildman–Crippen LogP) is 6.02. The Balaban J connectivity index is 1.50. The first-order chi connectivity index (χ1) is 14.8. The molecule has 4 nitrogen and oxygen atoms in total. The van der Waals surface area contributed by atoms with Gasteiger partial charge in [0.2, 0.25) is 0 Å². The number of likely N-dealkylation sites (N-methyl/N-ethyl adjacent to an activating group) is 1. The van der Waals surface area contributed by atoms with Crippen LogP contribution in [0.3, 0.4) is 0 Å². The first-order valence-electron chi connectivity index (χ1n) is 10.3. The number of aromatic nitrogens is 1. The summed E-state index contributed by atoms with van der Waals surface area (Å²) in [5.41, 5.74) is 7.30. The van der Waals surface area contributed by atoms with Crippen LogP contribution < -0.4 is 14.7 Å². The van der Waals surface area contributed by atoms with Crippen LogP contribution in [0.25, 0.3) is 0 Å². The van der Waals surface area contributed by atoms with Crippen molar-refractivity contribution < 1.29 is 0 Å². The molecule has 1 atom stereocenters. The van der Waals surface area contributed by atoms with E-state index in [-0.39, 0.29) is 0 Å². The molecule has 0 amide bonds. The number of fused-ring (bicyclic) bond motifs is 5. The summed E-state index contributed by atoms with van der Waals surface area (Å²) in [5, 5.41) is 0. The maximum absolute atomic E-state index is 4.62. The Labute approximate surface area is 176 Å². The van der Waals surface area contributed by atoms with Crippen molar-refractivity contribution >= 4 is 34.3 Å². The van der Waals surface area contributed by atoms with E-state index < -0.39 is 0 Å². The number of pyridine rings is 1. The molecule has 0 radical (unpaired) electrons. The molecule has 0 saturated heterocycles. The number of nitrogens with zero attached hydrogens (tertiary/aromatic N) is 4. The molecule has 6 rings (SSSR count). The third-order valence-electron chi connectivity index (χ3n) is 6.12. The number of hydrogen-bond acceptors (Lipinski definition) is 4. The van der Waals surface area contributed by atoms with Crippen LogP contribution in [0.1, 0.15) is 5.56 Å². The Morgan fingerprint density at radius 3 is 2.17 bits per heavy atom. The molecule has 4 aromatic rings. The summed E-state index contributed by atoms with van der Waals surface area (Å²) in [6.07, 6.45) is 3.17. The van der Waals surface area contributed by atoms with Crippen LogP contribution in [0.15, 0.2) is 97.2 Å². The summed E-state index contributed by atoms with van der Waals surface area (Å²) >= 11 is 0. The molecule has 0 saturated carbocycles. The minimum atomic E-state index is 0.294. The van der Waals surface area contributed by atoms with Gasteiger partial charge in [0.15, 0.2) is 5.82 Å². The predicted molar refractivity (Wildman–Crippen MR) is 123 cm³/mol. The quantitative estimate of drug-likeness (QED) is 0.426. The Morgan fingerprint density at radius 2 is 1.47 bits per heavy atom. The Kier molecular flexibility index (Phi) is 3.78. The van der Waals surface area contributed by atoms with Gasteiger partial charge >= 0.3 is 0 Å². The molecule has 30 heavy (non-hydrogen) atoms. The van der Waals surface area contributed by atoms with Crippen molar-refractivity contribution in [3.8, 4) is 0 Å². The van der Waals surface area contributed by atoms with Crippen LogP contribution in [-0.2, 0) is 6.42 Å². The fourth-order valence-corrected chi connectivity index (χ4v) is 4.73. The maximum Gasteiger partial charge on any atom is 0.153 e. The molecule has 4 heteroatoms. The van der Waals surface area contributed by atoms with Gasteiger partial charge in [-0.05, 0) is 54.1 Å². The molecule has 0 N–H and O–H groups in total. The van der Waals surface area contributed by atoms with Gasteiger partial charge in [0, 0.05) is 42.4 Å². The molecular weight excluding hydrogens is 368 g/mol. The highest BCUT2D eigenvalue weighted by atomic mass is 15.4. The summed E-state index contributed by atoms with van der Waals surface area (Å²) < 4.78 is 0. The summed E-state index contributed by atoms with van der Waals surface area (Å²) in [7, 11) is 2.14. The fourth-order valence-electron chi connectivity index (χ4n) is 4.73. The second-order valence-corrected chi connectivity index (χ2v) is 7.83. The summed E-state index contributed by atoms with van der Waals surface area (Å²) in [4.78, 5) is 11.7. The van der Waals surface area contributed by atoms with Crippen LogP contribution >= 0.6 is 0 Å². The van der Waals surface area contributed by atoms with E-state index in [0.717, 1.165) is 29.3 Å². The Bertz CT molecular complexity index is 1170. The van der Waals surface area contributed by atoms with E-state index in [9.17, 15) is 0 Å². The average molecular weight is 390 g/mol. The van der Waals surface area contributed by atoms with Gasteiger partial charge in [-0.25, -0.2) is 4.98 Å². The molecule has 146 valence electrons. The maximum atomic E-state index is 4.62. The van der Waals surface area contributed by atoms with E-state index in [4.69, 9.17) is 0 Å². The largest absolute Gasteiger partial charge is 0.337 e. The lowest BCUT2D eigenvalue weighted by atomic mass is 10.1. The van der Waals surface area contributed by atoms with E-state index >= 15 is 0 Å². The second kappa shape index (κ2) is 6.63. The Morgan fingerprint density at radius 1 is 0.767 bits per heavy atom. The SMILES string of the molecule is CN1c2ncccc2N2c3cc(N(c4ccccc4)c4ccccc4)ccc3CC12. The van der Waals surface area contributed by atoms with Crippen molar-refractivity contribution in [2.24, 2.45) is 0 Å². The lowest BCUT2D eigenvalue weighted by Gasteiger charge is -2.27. The van der Waals surface area contributed by atoms with Gasteiger partial charge in [-0.1, -0.05) is 42.5 Å². The second-order valence-electron chi connectivity index (χ2n) is 7.83.